The van der Waals surface area contributed by atoms with Crippen LogP contribution in [0.5, 0.6) is 0 Å². The van der Waals surface area contributed by atoms with E-state index in [0.717, 1.165) is 11.2 Å². The van der Waals surface area contributed by atoms with Gasteiger partial charge in [0, 0.05) is 47.1 Å². The Balaban J connectivity index is 1.80. The number of furan rings is 1. The molecule has 0 aliphatic heterocycles. The Morgan fingerprint density at radius 1 is 0.526 bits per heavy atom. The van der Waals surface area contributed by atoms with E-state index in [0.29, 0.717) is 0 Å². The van der Waals surface area contributed by atoms with Crippen LogP contribution in [0.4, 0.5) is 0 Å². The van der Waals surface area contributed by atoms with Crippen molar-refractivity contribution >= 4 is 85.8 Å². The third-order valence-electron chi connectivity index (χ3n) is 8.48. The molecule has 0 bridgehead atoms. The van der Waals surface area contributed by atoms with Gasteiger partial charge in [0.15, 0.2) is 0 Å². The van der Waals surface area contributed by atoms with Gasteiger partial charge < -0.3 is 4.42 Å². The van der Waals surface area contributed by atoms with E-state index in [1.54, 1.807) is 0 Å². The minimum Gasteiger partial charge on any atom is -0.455 e. The van der Waals surface area contributed by atoms with Crippen molar-refractivity contribution in [3.05, 3.63) is 83.9 Å². The van der Waals surface area contributed by atoms with Gasteiger partial charge in [-0.25, -0.2) is 0 Å². The lowest BCUT2D eigenvalue weighted by Crippen LogP contribution is -2.12. The minimum absolute atomic E-state index is 0.0190. The smallest absolute Gasteiger partial charge is 0.143 e. The van der Waals surface area contributed by atoms with Crippen LogP contribution < -0.4 is 0 Å². The summed E-state index contributed by atoms with van der Waals surface area (Å²) in [5.74, 6) is 0. The van der Waals surface area contributed by atoms with Crippen molar-refractivity contribution in [3.63, 3.8) is 0 Å². The van der Waals surface area contributed by atoms with E-state index in [9.17, 15) is 0 Å². The zero-order valence-corrected chi connectivity index (χ0v) is 23.6. The number of para-hydroxylation sites is 1. The van der Waals surface area contributed by atoms with E-state index < -0.39 is 0 Å². The summed E-state index contributed by atoms with van der Waals surface area (Å²) >= 11 is 1.93. The Kier molecular flexibility index (Phi) is 4.16. The molecule has 0 amide bonds. The van der Waals surface area contributed by atoms with Crippen molar-refractivity contribution in [1.82, 2.24) is 0 Å². The van der Waals surface area contributed by atoms with Crippen LogP contribution in [0, 0.1) is 0 Å². The van der Waals surface area contributed by atoms with Crippen molar-refractivity contribution in [1.29, 1.82) is 0 Å². The van der Waals surface area contributed by atoms with E-state index in [1.165, 1.54) is 74.4 Å². The summed E-state index contributed by atoms with van der Waals surface area (Å²) in [5.41, 5.74) is 4.73. The van der Waals surface area contributed by atoms with Gasteiger partial charge in [0.1, 0.15) is 11.2 Å². The molecule has 0 aliphatic carbocycles. The molecule has 2 aromatic heterocycles. The molecule has 8 aromatic rings. The molecule has 0 N–H and O–H groups in total. The number of rotatable bonds is 0. The van der Waals surface area contributed by atoms with Gasteiger partial charge >= 0.3 is 0 Å². The van der Waals surface area contributed by atoms with E-state index in [1.807, 2.05) is 11.3 Å². The van der Waals surface area contributed by atoms with Gasteiger partial charge in [-0.1, -0.05) is 77.9 Å². The minimum atomic E-state index is 0.0190. The normalized spacial score (nSPS) is 13.5. The Bertz CT molecular complexity index is 2100. The standard InChI is InChI=1S/C36H30OS/c1-35(2,3)19-15-23-29-24(16-19)32-22-12-8-10-14-28(22)38-34(32)26-18-20(36(4,5)6)17-25(30(26)29)33-31(23)21-11-7-9-13-27(21)37-33/h7-18H,1-6H3. The van der Waals surface area contributed by atoms with Crippen molar-refractivity contribution in [2.75, 3.05) is 0 Å². The predicted octanol–water partition coefficient (Wildman–Crippen LogP) is 11.4. The van der Waals surface area contributed by atoms with Gasteiger partial charge in [-0.05, 0) is 74.5 Å². The average molecular weight is 511 g/mol. The highest BCUT2D eigenvalue weighted by molar-refractivity contribution is 7.27. The molecule has 2 heteroatoms. The molecule has 0 aliphatic rings. The highest BCUT2D eigenvalue weighted by Gasteiger charge is 2.27. The summed E-state index contributed by atoms with van der Waals surface area (Å²) in [6, 6.07) is 27.3. The first-order valence-electron chi connectivity index (χ1n) is 13.5. The second-order valence-electron chi connectivity index (χ2n) is 13.0. The first-order valence-corrected chi connectivity index (χ1v) is 14.3. The Labute approximate surface area is 226 Å². The SMILES string of the molecule is CC(C)(C)c1cc2c3oc4ccccc4c3c3cc(C(C)(C)C)cc4c5c6ccccc6sc5c(c1)c2c34. The summed E-state index contributed by atoms with van der Waals surface area (Å²) in [6.45, 7) is 13.9. The van der Waals surface area contributed by atoms with Crippen LogP contribution >= 0.6 is 11.3 Å². The van der Waals surface area contributed by atoms with Gasteiger partial charge in [0.2, 0.25) is 0 Å². The molecular weight excluding hydrogens is 480 g/mol. The fourth-order valence-corrected chi connectivity index (χ4v) is 7.69. The summed E-state index contributed by atoms with van der Waals surface area (Å²) in [5, 5.41) is 13.2. The van der Waals surface area contributed by atoms with Crippen LogP contribution in [0.2, 0.25) is 0 Å². The maximum atomic E-state index is 6.74. The second kappa shape index (κ2) is 7.07. The molecule has 2 heterocycles. The maximum Gasteiger partial charge on any atom is 0.143 e. The Hall–Kier alpha value is -3.62. The molecule has 0 radical (unpaired) electrons. The van der Waals surface area contributed by atoms with Crippen LogP contribution in [0.15, 0.2) is 77.2 Å². The van der Waals surface area contributed by atoms with Crippen molar-refractivity contribution in [3.8, 4) is 0 Å². The second-order valence-corrected chi connectivity index (χ2v) is 14.0. The van der Waals surface area contributed by atoms with Gasteiger partial charge in [-0.15, -0.1) is 11.3 Å². The number of hydrogen-bond acceptors (Lipinski definition) is 2. The summed E-state index contributed by atoms with van der Waals surface area (Å²) in [4.78, 5) is 0. The molecule has 8 rings (SSSR count). The lowest BCUT2D eigenvalue weighted by atomic mass is 9.79. The molecule has 0 unspecified atom stereocenters. The van der Waals surface area contributed by atoms with Gasteiger partial charge in [0.05, 0.1) is 0 Å². The van der Waals surface area contributed by atoms with E-state index in [-0.39, 0.29) is 10.8 Å². The highest BCUT2D eigenvalue weighted by Crippen LogP contribution is 2.52. The summed E-state index contributed by atoms with van der Waals surface area (Å²) < 4.78 is 9.47. The fourth-order valence-electron chi connectivity index (χ4n) is 6.45. The van der Waals surface area contributed by atoms with Gasteiger partial charge in [-0.2, -0.15) is 0 Å². The number of hydrogen-bond donors (Lipinski definition) is 0. The zero-order chi connectivity index (χ0) is 26.1. The summed E-state index contributed by atoms with van der Waals surface area (Å²) in [7, 11) is 0. The van der Waals surface area contributed by atoms with E-state index in [2.05, 4.69) is 114 Å². The molecule has 38 heavy (non-hydrogen) atoms. The molecule has 0 fully saturated rings. The van der Waals surface area contributed by atoms with Crippen LogP contribution in [0.1, 0.15) is 52.7 Å². The molecule has 0 saturated carbocycles. The van der Waals surface area contributed by atoms with E-state index >= 15 is 0 Å². The summed E-state index contributed by atoms with van der Waals surface area (Å²) in [6.07, 6.45) is 0. The largest absolute Gasteiger partial charge is 0.455 e. The molecule has 0 spiro atoms. The van der Waals surface area contributed by atoms with Gasteiger partial charge in [-0.3, -0.25) is 0 Å². The molecule has 186 valence electrons. The fraction of sp³-hybridized carbons (Fsp3) is 0.222. The average Bonchev–Trinajstić information content (AvgIpc) is 3.46. The highest BCUT2D eigenvalue weighted by atomic mass is 32.1. The molecule has 1 nitrogen and oxygen atoms in total. The predicted molar refractivity (Wildman–Crippen MR) is 168 cm³/mol. The topological polar surface area (TPSA) is 13.1 Å². The zero-order valence-electron chi connectivity index (χ0n) is 22.7. The quantitative estimate of drug-likeness (QED) is 0.185. The van der Waals surface area contributed by atoms with Crippen LogP contribution in [-0.4, -0.2) is 0 Å². The first kappa shape index (κ1) is 22.4. The van der Waals surface area contributed by atoms with Gasteiger partial charge in [0.25, 0.3) is 0 Å². The molecule has 6 aromatic carbocycles. The van der Waals surface area contributed by atoms with Crippen LogP contribution in [-0.2, 0) is 10.8 Å². The van der Waals surface area contributed by atoms with Crippen molar-refractivity contribution in [2.45, 2.75) is 52.4 Å². The van der Waals surface area contributed by atoms with Crippen molar-refractivity contribution < 1.29 is 4.42 Å². The molecular formula is C36H30OS. The van der Waals surface area contributed by atoms with Crippen LogP contribution in [0.3, 0.4) is 0 Å². The number of fused-ring (bicyclic) bond motifs is 10. The molecule has 0 atom stereocenters. The Morgan fingerprint density at radius 2 is 1.08 bits per heavy atom. The van der Waals surface area contributed by atoms with Crippen LogP contribution in [0.25, 0.3) is 74.4 Å². The van der Waals surface area contributed by atoms with Crippen molar-refractivity contribution in [2.24, 2.45) is 0 Å². The maximum absolute atomic E-state index is 6.74. The number of benzene rings is 6. The monoisotopic (exact) mass is 510 g/mol. The Morgan fingerprint density at radius 3 is 1.79 bits per heavy atom. The lowest BCUT2D eigenvalue weighted by molar-refractivity contribution is 0.591. The number of thiophene rings is 1. The third kappa shape index (κ3) is 2.82. The van der Waals surface area contributed by atoms with E-state index in [4.69, 9.17) is 4.42 Å². The lowest BCUT2D eigenvalue weighted by Gasteiger charge is -2.24. The molecule has 0 saturated heterocycles. The third-order valence-corrected chi connectivity index (χ3v) is 9.68. The first-order chi connectivity index (χ1) is 18.1.